The highest BCUT2D eigenvalue weighted by Crippen LogP contribution is 2.34. The smallest absolute Gasteiger partial charge is 0.0640 e. The number of halogens is 2. The molecule has 0 heterocycles. The van der Waals surface area contributed by atoms with E-state index in [9.17, 15) is 0 Å². The van der Waals surface area contributed by atoms with E-state index in [1.807, 2.05) is 12.1 Å². The van der Waals surface area contributed by atoms with Crippen molar-refractivity contribution in [3.8, 4) is 0 Å². The molecule has 0 radical (unpaired) electrons. The van der Waals surface area contributed by atoms with Gasteiger partial charge in [0, 0.05) is 6.04 Å². The Morgan fingerprint density at radius 1 is 1.15 bits per heavy atom. The van der Waals surface area contributed by atoms with Crippen LogP contribution in [0.1, 0.15) is 64.5 Å². The number of hydrogen-bond donors (Lipinski definition) is 1. The van der Waals surface area contributed by atoms with Crippen LogP contribution in [-0.2, 0) is 0 Å². The van der Waals surface area contributed by atoms with E-state index in [1.165, 1.54) is 25.7 Å². The van der Waals surface area contributed by atoms with E-state index in [2.05, 4.69) is 32.2 Å². The molecule has 0 aliphatic heterocycles. The Morgan fingerprint density at radius 2 is 1.90 bits per heavy atom. The second-order valence-corrected chi connectivity index (χ2v) is 6.19. The summed E-state index contributed by atoms with van der Waals surface area (Å²) in [6.45, 7) is 7.61. The van der Waals surface area contributed by atoms with Crippen LogP contribution >= 0.6 is 23.2 Å². The summed E-state index contributed by atoms with van der Waals surface area (Å²) in [5.41, 5.74) is 1.14. The van der Waals surface area contributed by atoms with Gasteiger partial charge >= 0.3 is 0 Å². The monoisotopic (exact) mass is 315 g/mol. The third kappa shape index (κ3) is 5.27. The molecule has 1 rings (SSSR count). The van der Waals surface area contributed by atoms with Gasteiger partial charge in [0.15, 0.2) is 0 Å². The number of nitrogens with one attached hydrogen (secondary N) is 1. The van der Waals surface area contributed by atoms with Crippen LogP contribution in [0.25, 0.3) is 0 Å². The van der Waals surface area contributed by atoms with Gasteiger partial charge in [0.2, 0.25) is 0 Å². The van der Waals surface area contributed by atoms with Gasteiger partial charge in [-0.05, 0) is 30.5 Å². The zero-order chi connectivity index (χ0) is 15.0. The Kier molecular flexibility index (Phi) is 8.60. The predicted molar refractivity (Wildman–Crippen MR) is 90.8 cm³/mol. The molecular formula is C17H27Cl2N. The molecule has 0 amide bonds. The Hall–Kier alpha value is -0.240. The molecule has 0 saturated carbocycles. The standard InChI is InChI=1S/C17H27Cl2N/c1-4-7-9-13(5-2)12-16(20-6-3)14-10-8-11-15(18)17(14)19/h8,10-11,13,16,20H,4-7,9,12H2,1-3H3. The molecule has 0 aromatic heterocycles. The van der Waals surface area contributed by atoms with Gasteiger partial charge in [-0.1, -0.05) is 81.8 Å². The first-order valence-electron chi connectivity index (χ1n) is 7.81. The third-order valence-corrected chi connectivity index (χ3v) is 4.75. The number of rotatable bonds is 9. The number of benzene rings is 1. The van der Waals surface area contributed by atoms with Crippen molar-refractivity contribution in [2.75, 3.05) is 6.54 Å². The summed E-state index contributed by atoms with van der Waals surface area (Å²) in [7, 11) is 0. The number of hydrogen-bond acceptors (Lipinski definition) is 1. The molecule has 0 aliphatic carbocycles. The average molecular weight is 316 g/mol. The molecule has 0 bridgehead atoms. The van der Waals surface area contributed by atoms with Crippen LogP contribution in [-0.4, -0.2) is 6.54 Å². The summed E-state index contributed by atoms with van der Waals surface area (Å²) in [5, 5.41) is 4.91. The van der Waals surface area contributed by atoms with Crippen LogP contribution < -0.4 is 5.32 Å². The van der Waals surface area contributed by atoms with Crippen molar-refractivity contribution in [1.29, 1.82) is 0 Å². The number of unbranched alkanes of at least 4 members (excludes halogenated alkanes) is 1. The van der Waals surface area contributed by atoms with Crippen molar-refractivity contribution in [1.82, 2.24) is 5.32 Å². The molecule has 0 spiro atoms. The van der Waals surface area contributed by atoms with Crippen molar-refractivity contribution in [3.63, 3.8) is 0 Å². The minimum absolute atomic E-state index is 0.299. The van der Waals surface area contributed by atoms with E-state index in [1.54, 1.807) is 0 Å². The molecule has 1 N–H and O–H groups in total. The van der Waals surface area contributed by atoms with Crippen molar-refractivity contribution in [2.24, 2.45) is 5.92 Å². The quantitative estimate of drug-likeness (QED) is 0.567. The van der Waals surface area contributed by atoms with E-state index >= 15 is 0 Å². The molecule has 2 atom stereocenters. The maximum Gasteiger partial charge on any atom is 0.0640 e. The van der Waals surface area contributed by atoms with Gasteiger partial charge in [-0.3, -0.25) is 0 Å². The SMILES string of the molecule is CCCCC(CC)CC(NCC)c1cccc(Cl)c1Cl. The molecule has 1 aromatic carbocycles. The Bertz CT molecular complexity index is 393. The fourth-order valence-corrected chi connectivity index (χ4v) is 3.11. The van der Waals surface area contributed by atoms with Gasteiger partial charge in [-0.2, -0.15) is 0 Å². The highest BCUT2D eigenvalue weighted by atomic mass is 35.5. The summed E-state index contributed by atoms with van der Waals surface area (Å²) >= 11 is 12.5. The summed E-state index contributed by atoms with van der Waals surface area (Å²) in [6, 6.07) is 6.23. The first-order chi connectivity index (χ1) is 9.63. The van der Waals surface area contributed by atoms with Crippen LogP contribution in [0.15, 0.2) is 18.2 Å². The highest BCUT2D eigenvalue weighted by molar-refractivity contribution is 6.42. The summed E-state index contributed by atoms with van der Waals surface area (Å²) in [4.78, 5) is 0. The topological polar surface area (TPSA) is 12.0 Å². The highest BCUT2D eigenvalue weighted by Gasteiger charge is 2.19. The summed E-state index contributed by atoms with van der Waals surface area (Å²) < 4.78 is 0. The zero-order valence-electron chi connectivity index (χ0n) is 12.9. The van der Waals surface area contributed by atoms with E-state index in [-0.39, 0.29) is 0 Å². The van der Waals surface area contributed by atoms with Crippen molar-refractivity contribution >= 4 is 23.2 Å². The lowest BCUT2D eigenvalue weighted by atomic mass is 9.89. The van der Waals surface area contributed by atoms with E-state index in [0.29, 0.717) is 16.1 Å². The minimum Gasteiger partial charge on any atom is -0.310 e. The van der Waals surface area contributed by atoms with Crippen LogP contribution in [0.5, 0.6) is 0 Å². The van der Waals surface area contributed by atoms with Gasteiger partial charge in [-0.25, -0.2) is 0 Å². The molecule has 2 unspecified atom stereocenters. The van der Waals surface area contributed by atoms with Gasteiger partial charge in [-0.15, -0.1) is 0 Å². The van der Waals surface area contributed by atoms with Gasteiger partial charge in [0.25, 0.3) is 0 Å². The first kappa shape index (κ1) is 17.8. The molecule has 114 valence electrons. The molecule has 0 aliphatic rings. The van der Waals surface area contributed by atoms with Crippen LogP contribution in [0.3, 0.4) is 0 Å². The van der Waals surface area contributed by atoms with E-state index in [4.69, 9.17) is 23.2 Å². The molecule has 0 fully saturated rings. The zero-order valence-corrected chi connectivity index (χ0v) is 14.4. The maximum atomic E-state index is 6.38. The Morgan fingerprint density at radius 3 is 2.50 bits per heavy atom. The maximum absolute atomic E-state index is 6.38. The lowest BCUT2D eigenvalue weighted by Gasteiger charge is -2.25. The fourth-order valence-electron chi connectivity index (χ4n) is 2.67. The Labute approximate surface area is 134 Å². The van der Waals surface area contributed by atoms with Gasteiger partial charge < -0.3 is 5.32 Å². The fraction of sp³-hybridized carbons (Fsp3) is 0.647. The first-order valence-corrected chi connectivity index (χ1v) is 8.56. The molecule has 1 aromatic rings. The molecular weight excluding hydrogens is 289 g/mol. The molecule has 3 heteroatoms. The lowest BCUT2D eigenvalue weighted by molar-refractivity contribution is 0.357. The predicted octanol–water partition coefficient (Wildman–Crippen LogP) is 6.25. The van der Waals surface area contributed by atoms with Crippen LogP contribution in [0.2, 0.25) is 10.0 Å². The third-order valence-electron chi connectivity index (χ3n) is 3.92. The second kappa shape index (κ2) is 9.65. The van der Waals surface area contributed by atoms with Gasteiger partial charge in [0.1, 0.15) is 0 Å². The molecule has 1 nitrogen and oxygen atoms in total. The van der Waals surface area contributed by atoms with Crippen LogP contribution in [0.4, 0.5) is 0 Å². The summed E-state index contributed by atoms with van der Waals surface area (Å²) in [6.07, 6.45) is 6.22. The Balaban J connectivity index is 2.84. The van der Waals surface area contributed by atoms with Crippen molar-refractivity contribution in [3.05, 3.63) is 33.8 Å². The average Bonchev–Trinajstić information content (AvgIpc) is 2.45. The van der Waals surface area contributed by atoms with Gasteiger partial charge in [0.05, 0.1) is 10.0 Å². The minimum atomic E-state index is 0.299. The summed E-state index contributed by atoms with van der Waals surface area (Å²) in [5.74, 6) is 0.744. The van der Waals surface area contributed by atoms with Crippen LogP contribution in [0, 0.1) is 5.92 Å². The second-order valence-electron chi connectivity index (χ2n) is 5.41. The van der Waals surface area contributed by atoms with Crippen molar-refractivity contribution in [2.45, 2.75) is 58.9 Å². The normalized spacial score (nSPS) is 14.2. The van der Waals surface area contributed by atoms with E-state index < -0.39 is 0 Å². The molecule has 0 saturated heterocycles. The lowest BCUT2D eigenvalue weighted by Crippen LogP contribution is -2.24. The van der Waals surface area contributed by atoms with E-state index in [0.717, 1.165) is 24.4 Å². The molecule has 20 heavy (non-hydrogen) atoms. The largest absolute Gasteiger partial charge is 0.310 e. The van der Waals surface area contributed by atoms with Crippen molar-refractivity contribution < 1.29 is 0 Å².